The maximum atomic E-state index is 11.8. The summed E-state index contributed by atoms with van der Waals surface area (Å²) in [4.78, 5) is 11.8. The van der Waals surface area contributed by atoms with E-state index in [1.807, 2.05) is 19.9 Å². The quantitative estimate of drug-likeness (QED) is 0.826. The molecule has 3 N–H and O–H groups in total. The van der Waals surface area contributed by atoms with Crippen LogP contribution in [0.15, 0.2) is 24.3 Å². The molecule has 96 valence electrons. The van der Waals surface area contributed by atoms with Gasteiger partial charge in [-0.15, -0.1) is 0 Å². The van der Waals surface area contributed by atoms with Crippen molar-refractivity contribution in [3.05, 3.63) is 35.4 Å². The van der Waals surface area contributed by atoms with E-state index in [2.05, 4.69) is 11.4 Å². The van der Waals surface area contributed by atoms with Gasteiger partial charge in [0, 0.05) is 6.54 Å². The summed E-state index contributed by atoms with van der Waals surface area (Å²) in [7, 11) is 0. The molecule has 0 bridgehead atoms. The molecule has 0 heterocycles. The minimum atomic E-state index is -0.478. The average molecular weight is 245 g/mol. The molecule has 4 heteroatoms. The smallest absolute Gasteiger partial charge is 0.237 e. The highest BCUT2D eigenvalue weighted by molar-refractivity contribution is 5.81. The fourth-order valence-corrected chi connectivity index (χ4v) is 1.57. The van der Waals surface area contributed by atoms with Gasteiger partial charge < -0.3 is 11.1 Å². The average Bonchev–Trinajstić information content (AvgIpc) is 2.43. The van der Waals surface area contributed by atoms with Crippen LogP contribution in [0.3, 0.4) is 0 Å². The third kappa shape index (κ3) is 3.86. The Bertz CT molecular complexity index is 451. The molecule has 2 atom stereocenters. The first-order valence-corrected chi connectivity index (χ1v) is 6.10. The van der Waals surface area contributed by atoms with Crippen LogP contribution >= 0.6 is 0 Å². The van der Waals surface area contributed by atoms with Crippen molar-refractivity contribution in [2.24, 2.45) is 11.7 Å². The monoisotopic (exact) mass is 245 g/mol. The van der Waals surface area contributed by atoms with Crippen molar-refractivity contribution in [1.29, 1.82) is 5.26 Å². The van der Waals surface area contributed by atoms with Gasteiger partial charge in [-0.3, -0.25) is 4.79 Å². The third-order valence-corrected chi connectivity index (χ3v) is 3.08. The predicted octanol–water partition coefficient (Wildman–Crippen LogP) is 1.55. The summed E-state index contributed by atoms with van der Waals surface area (Å²) in [5, 5.41) is 11.6. The zero-order valence-corrected chi connectivity index (χ0v) is 10.8. The van der Waals surface area contributed by atoms with Gasteiger partial charge in [0.05, 0.1) is 17.7 Å². The fraction of sp³-hybridized carbons (Fsp3) is 0.429. The van der Waals surface area contributed by atoms with Gasteiger partial charge in [0.1, 0.15) is 0 Å². The second kappa shape index (κ2) is 6.77. The number of nitrogens with two attached hydrogens (primary N) is 1. The summed E-state index contributed by atoms with van der Waals surface area (Å²) in [6.45, 7) is 4.37. The van der Waals surface area contributed by atoms with E-state index in [0.717, 1.165) is 12.0 Å². The molecule has 1 aromatic carbocycles. The molecule has 18 heavy (non-hydrogen) atoms. The molecule has 0 aliphatic rings. The van der Waals surface area contributed by atoms with Gasteiger partial charge in [-0.1, -0.05) is 32.4 Å². The summed E-state index contributed by atoms with van der Waals surface area (Å²) in [6, 6.07) is 8.75. The van der Waals surface area contributed by atoms with Crippen LogP contribution in [0, 0.1) is 17.2 Å². The Hall–Kier alpha value is -1.86. The van der Waals surface area contributed by atoms with E-state index >= 15 is 0 Å². The molecule has 4 nitrogen and oxygen atoms in total. The Morgan fingerprint density at radius 1 is 1.56 bits per heavy atom. The molecule has 0 unspecified atom stereocenters. The normalized spacial score (nSPS) is 13.4. The Labute approximate surface area is 108 Å². The van der Waals surface area contributed by atoms with Crippen molar-refractivity contribution in [3.8, 4) is 6.07 Å². The van der Waals surface area contributed by atoms with Crippen molar-refractivity contribution in [2.75, 3.05) is 0 Å². The molecule has 0 saturated carbocycles. The van der Waals surface area contributed by atoms with Crippen LogP contribution in [-0.4, -0.2) is 11.9 Å². The van der Waals surface area contributed by atoms with Crippen molar-refractivity contribution in [2.45, 2.75) is 32.9 Å². The van der Waals surface area contributed by atoms with E-state index in [-0.39, 0.29) is 11.8 Å². The maximum absolute atomic E-state index is 11.8. The van der Waals surface area contributed by atoms with E-state index in [0.29, 0.717) is 12.1 Å². The number of benzene rings is 1. The first kappa shape index (κ1) is 14.2. The molecule has 0 aromatic heterocycles. The number of carbonyl (C=O) groups is 1. The zero-order valence-electron chi connectivity index (χ0n) is 10.8. The second-order valence-electron chi connectivity index (χ2n) is 4.44. The van der Waals surface area contributed by atoms with Crippen LogP contribution in [0.1, 0.15) is 31.4 Å². The summed E-state index contributed by atoms with van der Waals surface area (Å²) in [5.74, 6) is 0.0159. The number of nitriles is 1. The summed E-state index contributed by atoms with van der Waals surface area (Å²) in [6.07, 6.45) is 0.874. The number of amides is 1. The van der Waals surface area contributed by atoms with Crippen LogP contribution < -0.4 is 11.1 Å². The number of hydrogen-bond acceptors (Lipinski definition) is 3. The minimum absolute atomic E-state index is 0.147. The topological polar surface area (TPSA) is 78.9 Å². The Morgan fingerprint density at radius 3 is 2.89 bits per heavy atom. The lowest BCUT2D eigenvalue weighted by Gasteiger charge is -2.17. The van der Waals surface area contributed by atoms with Crippen molar-refractivity contribution >= 4 is 5.91 Å². The van der Waals surface area contributed by atoms with E-state index in [1.165, 1.54) is 0 Å². The first-order chi connectivity index (χ1) is 8.58. The Kier molecular flexibility index (Phi) is 5.34. The number of nitrogens with one attached hydrogen (secondary N) is 1. The van der Waals surface area contributed by atoms with Crippen LogP contribution in [0.2, 0.25) is 0 Å². The summed E-state index contributed by atoms with van der Waals surface area (Å²) < 4.78 is 0. The molecule has 0 fully saturated rings. The number of carbonyl (C=O) groups excluding carboxylic acids is 1. The summed E-state index contributed by atoms with van der Waals surface area (Å²) in [5.41, 5.74) is 7.32. The molecular weight excluding hydrogens is 226 g/mol. The largest absolute Gasteiger partial charge is 0.351 e. The van der Waals surface area contributed by atoms with Gasteiger partial charge in [0.15, 0.2) is 0 Å². The van der Waals surface area contributed by atoms with Gasteiger partial charge in [0.2, 0.25) is 5.91 Å². The van der Waals surface area contributed by atoms with Crippen LogP contribution in [0.4, 0.5) is 0 Å². The van der Waals surface area contributed by atoms with Gasteiger partial charge in [-0.25, -0.2) is 0 Å². The lowest BCUT2D eigenvalue weighted by atomic mass is 9.99. The maximum Gasteiger partial charge on any atom is 0.237 e. The molecular formula is C14H19N3O. The molecule has 0 saturated heterocycles. The lowest BCUT2D eigenvalue weighted by Crippen LogP contribution is -2.44. The zero-order chi connectivity index (χ0) is 13.5. The Morgan fingerprint density at radius 2 is 2.28 bits per heavy atom. The van der Waals surface area contributed by atoms with Gasteiger partial charge in [-0.05, 0) is 23.6 Å². The molecule has 0 spiro atoms. The van der Waals surface area contributed by atoms with Crippen molar-refractivity contribution < 1.29 is 4.79 Å². The number of nitrogens with zero attached hydrogens (tertiary/aromatic N) is 1. The van der Waals surface area contributed by atoms with Gasteiger partial charge in [0.25, 0.3) is 0 Å². The van der Waals surface area contributed by atoms with Crippen LogP contribution in [-0.2, 0) is 11.3 Å². The van der Waals surface area contributed by atoms with Gasteiger partial charge >= 0.3 is 0 Å². The van der Waals surface area contributed by atoms with E-state index in [9.17, 15) is 4.79 Å². The van der Waals surface area contributed by atoms with E-state index in [1.54, 1.807) is 18.2 Å². The van der Waals surface area contributed by atoms with Crippen LogP contribution in [0.25, 0.3) is 0 Å². The second-order valence-corrected chi connectivity index (χ2v) is 4.44. The number of hydrogen-bond donors (Lipinski definition) is 2. The van der Waals surface area contributed by atoms with E-state index < -0.39 is 6.04 Å². The SMILES string of the molecule is CC[C@H](C)[C@H](N)C(=O)NCc1cccc(C#N)c1. The first-order valence-electron chi connectivity index (χ1n) is 6.10. The standard InChI is InChI=1S/C14H19N3O/c1-3-10(2)13(16)14(18)17-9-12-6-4-5-11(7-12)8-15/h4-7,10,13H,3,9,16H2,1-2H3,(H,17,18)/t10-,13-/m0/s1. The highest BCUT2D eigenvalue weighted by Crippen LogP contribution is 2.07. The fourth-order valence-electron chi connectivity index (χ4n) is 1.57. The molecule has 0 radical (unpaired) electrons. The van der Waals surface area contributed by atoms with Gasteiger partial charge in [-0.2, -0.15) is 5.26 Å². The van der Waals surface area contributed by atoms with Crippen LogP contribution in [0.5, 0.6) is 0 Å². The molecule has 1 amide bonds. The highest BCUT2D eigenvalue weighted by Gasteiger charge is 2.18. The van der Waals surface area contributed by atoms with Crippen molar-refractivity contribution in [3.63, 3.8) is 0 Å². The molecule has 1 rings (SSSR count). The minimum Gasteiger partial charge on any atom is -0.351 e. The summed E-state index contributed by atoms with van der Waals surface area (Å²) >= 11 is 0. The molecule has 0 aliphatic carbocycles. The Balaban J connectivity index is 2.55. The molecule has 0 aliphatic heterocycles. The predicted molar refractivity (Wildman–Crippen MR) is 70.4 cm³/mol. The third-order valence-electron chi connectivity index (χ3n) is 3.08. The molecule has 1 aromatic rings. The highest BCUT2D eigenvalue weighted by atomic mass is 16.2. The van der Waals surface area contributed by atoms with E-state index in [4.69, 9.17) is 11.0 Å². The van der Waals surface area contributed by atoms with Crippen molar-refractivity contribution in [1.82, 2.24) is 5.32 Å². The number of rotatable bonds is 5. The lowest BCUT2D eigenvalue weighted by molar-refractivity contribution is -0.123.